The van der Waals surface area contributed by atoms with Crippen molar-refractivity contribution in [1.29, 1.82) is 5.26 Å². The zero-order valence-corrected chi connectivity index (χ0v) is 10.8. The largest absolute Gasteiger partial charge is 0.396 e. The predicted molar refractivity (Wildman–Crippen MR) is 68.1 cm³/mol. The maximum absolute atomic E-state index is 8.89. The van der Waals surface area contributed by atoms with Gasteiger partial charge in [-0.3, -0.25) is 0 Å². The maximum Gasteiger partial charge on any atom is 0.132 e. The molecule has 1 N–H and O–H groups in total. The van der Waals surface area contributed by atoms with Gasteiger partial charge in [-0.15, -0.1) is 0 Å². The fraction of sp³-hybridized carbons (Fsp3) is 0.500. The predicted octanol–water partition coefficient (Wildman–Crippen LogP) is 2.20. The number of rotatable bonds is 5. The van der Waals surface area contributed by atoms with Crippen molar-refractivity contribution in [2.75, 3.05) is 18.1 Å². The highest BCUT2D eigenvalue weighted by Crippen LogP contribution is 2.20. The highest BCUT2D eigenvalue weighted by Gasteiger charge is 2.13. The summed E-state index contributed by atoms with van der Waals surface area (Å²) >= 11 is 5.87. The van der Waals surface area contributed by atoms with E-state index in [-0.39, 0.29) is 12.6 Å². The number of aliphatic hydroxyl groups excluding tert-OH is 1. The van der Waals surface area contributed by atoms with Crippen LogP contribution in [0.25, 0.3) is 0 Å². The molecule has 92 valence electrons. The highest BCUT2D eigenvalue weighted by molar-refractivity contribution is 6.29. The van der Waals surface area contributed by atoms with Gasteiger partial charge in [-0.05, 0) is 32.4 Å². The van der Waals surface area contributed by atoms with Crippen LogP contribution in [0, 0.1) is 11.3 Å². The maximum atomic E-state index is 8.89. The lowest BCUT2D eigenvalue weighted by Gasteiger charge is -2.27. The minimum absolute atomic E-state index is 0.134. The van der Waals surface area contributed by atoms with Crippen molar-refractivity contribution in [2.45, 2.75) is 26.3 Å². The van der Waals surface area contributed by atoms with E-state index in [0.717, 1.165) is 0 Å². The van der Waals surface area contributed by atoms with E-state index in [1.54, 1.807) is 6.07 Å². The summed E-state index contributed by atoms with van der Waals surface area (Å²) in [6.07, 6.45) is 0.661. The molecule has 0 saturated heterocycles. The van der Waals surface area contributed by atoms with Crippen LogP contribution in [0.1, 0.15) is 25.8 Å². The van der Waals surface area contributed by atoms with E-state index < -0.39 is 0 Å². The number of aromatic nitrogens is 1. The van der Waals surface area contributed by atoms with Gasteiger partial charge in [0.05, 0.1) is 11.6 Å². The molecule has 0 aromatic carbocycles. The van der Waals surface area contributed by atoms with Crippen molar-refractivity contribution in [3.63, 3.8) is 0 Å². The average Bonchev–Trinajstić information content (AvgIpc) is 2.28. The first kappa shape index (κ1) is 13.8. The second-order valence-electron chi connectivity index (χ2n) is 4.01. The summed E-state index contributed by atoms with van der Waals surface area (Å²) in [5, 5.41) is 18.1. The monoisotopic (exact) mass is 253 g/mol. The molecule has 0 bridgehead atoms. The third-order valence-corrected chi connectivity index (χ3v) is 2.58. The molecule has 1 aromatic heterocycles. The number of hydrogen-bond acceptors (Lipinski definition) is 4. The van der Waals surface area contributed by atoms with Crippen molar-refractivity contribution in [3.05, 3.63) is 22.8 Å². The van der Waals surface area contributed by atoms with Gasteiger partial charge in [0.25, 0.3) is 0 Å². The van der Waals surface area contributed by atoms with Crippen molar-refractivity contribution >= 4 is 17.4 Å². The van der Waals surface area contributed by atoms with E-state index in [4.69, 9.17) is 22.0 Å². The minimum atomic E-state index is 0.134. The molecule has 0 fully saturated rings. The molecule has 0 unspecified atom stereocenters. The summed E-state index contributed by atoms with van der Waals surface area (Å²) < 4.78 is 0. The number of pyridine rings is 1. The second-order valence-corrected chi connectivity index (χ2v) is 4.40. The highest BCUT2D eigenvalue weighted by atomic mass is 35.5. The van der Waals surface area contributed by atoms with E-state index >= 15 is 0 Å². The van der Waals surface area contributed by atoms with E-state index in [9.17, 15) is 0 Å². The molecule has 1 rings (SSSR count). The van der Waals surface area contributed by atoms with Gasteiger partial charge in [0.2, 0.25) is 0 Å². The SMILES string of the molecule is CC(C)N(CCCO)c1cc(C#N)cc(Cl)n1. The van der Waals surface area contributed by atoms with E-state index in [1.165, 1.54) is 6.07 Å². The normalized spacial score (nSPS) is 10.4. The summed E-state index contributed by atoms with van der Waals surface area (Å²) in [7, 11) is 0. The lowest BCUT2D eigenvalue weighted by atomic mass is 10.2. The fourth-order valence-electron chi connectivity index (χ4n) is 1.57. The molecular weight excluding hydrogens is 238 g/mol. The Hall–Kier alpha value is -1.31. The van der Waals surface area contributed by atoms with Gasteiger partial charge in [0, 0.05) is 19.2 Å². The Kier molecular flexibility index (Phi) is 5.20. The standard InChI is InChI=1S/C12H16ClN3O/c1-9(2)16(4-3-5-17)12-7-10(8-14)6-11(13)15-12/h6-7,9,17H,3-5H2,1-2H3. The Bertz CT molecular complexity index is 415. The van der Waals surface area contributed by atoms with Crippen molar-refractivity contribution in [1.82, 2.24) is 4.98 Å². The van der Waals surface area contributed by atoms with Crippen LogP contribution in [-0.4, -0.2) is 29.3 Å². The van der Waals surface area contributed by atoms with Crippen LogP contribution in [0.5, 0.6) is 0 Å². The summed E-state index contributed by atoms with van der Waals surface area (Å²) in [6.45, 7) is 4.89. The molecule has 1 heterocycles. The third kappa shape index (κ3) is 3.88. The molecule has 0 aliphatic carbocycles. The van der Waals surface area contributed by atoms with E-state index in [1.807, 2.05) is 18.7 Å². The number of nitriles is 1. The lowest BCUT2D eigenvalue weighted by molar-refractivity contribution is 0.288. The van der Waals surface area contributed by atoms with Crippen LogP contribution < -0.4 is 4.90 Å². The molecule has 0 atom stereocenters. The Balaban J connectivity index is 3.01. The fourth-order valence-corrected chi connectivity index (χ4v) is 1.78. The van der Waals surface area contributed by atoms with Gasteiger partial charge in [0.1, 0.15) is 11.0 Å². The molecule has 1 aromatic rings. The van der Waals surface area contributed by atoms with Gasteiger partial charge in [-0.1, -0.05) is 11.6 Å². The summed E-state index contributed by atoms with van der Waals surface area (Å²) in [5.74, 6) is 0.678. The molecule has 4 nitrogen and oxygen atoms in total. The first-order valence-corrected chi connectivity index (χ1v) is 5.91. The van der Waals surface area contributed by atoms with Gasteiger partial charge in [-0.25, -0.2) is 4.98 Å². The topological polar surface area (TPSA) is 60.1 Å². The zero-order chi connectivity index (χ0) is 12.8. The molecule has 17 heavy (non-hydrogen) atoms. The van der Waals surface area contributed by atoms with Crippen molar-refractivity contribution in [2.24, 2.45) is 0 Å². The quantitative estimate of drug-likeness (QED) is 0.818. The van der Waals surface area contributed by atoms with Crippen LogP contribution in [-0.2, 0) is 0 Å². The summed E-state index contributed by atoms with van der Waals surface area (Å²) in [4.78, 5) is 6.23. The Labute approximate surface area is 106 Å². The molecule has 0 aliphatic heterocycles. The molecule has 0 radical (unpaired) electrons. The number of aliphatic hydroxyl groups is 1. The molecule has 0 aliphatic rings. The number of nitrogens with zero attached hydrogens (tertiary/aromatic N) is 3. The van der Waals surface area contributed by atoms with Gasteiger partial charge < -0.3 is 10.0 Å². The number of anilines is 1. The molecular formula is C12H16ClN3O. The van der Waals surface area contributed by atoms with Crippen LogP contribution in [0.15, 0.2) is 12.1 Å². The van der Waals surface area contributed by atoms with Crippen molar-refractivity contribution < 1.29 is 5.11 Å². The van der Waals surface area contributed by atoms with Crippen LogP contribution in [0.3, 0.4) is 0 Å². The summed E-state index contributed by atoms with van der Waals surface area (Å²) in [5.41, 5.74) is 0.495. The number of hydrogen-bond donors (Lipinski definition) is 1. The first-order chi connectivity index (χ1) is 8.08. The van der Waals surface area contributed by atoms with Gasteiger partial charge >= 0.3 is 0 Å². The molecule has 0 amide bonds. The average molecular weight is 254 g/mol. The molecule has 5 heteroatoms. The van der Waals surface area contributed by atoms with Crippen molar-refractivity contribution in [3.8, 4) is 6.07 Å². The molecule has 0 saturated carbocycles. The third-order valence-electron chi connectivity index (χ3n) is 2.38. The number of halogens is 1. The van der Waals surface area contributed by atoms with Gasteiger partial charge in [0.15, 0.2) is 0 Å². The first-order valence-electron chi connectivity index (χ1n) is 5.53. The van der Waals surface area contributed by atoms with Crippen LogP contribution in [0.4, 0.5) is 5.82 Å². The Morgan fingerprint density at radius 1 is 1.53 bits per heavy atom. The zero-order valence-electron chi connectivity index (χ0n) is 10.0. The lowest BCUT2D eigenvalue weighted by Crippen LogP contribution is -2.33. The smallest absolute Gasteiger partial charge is 0.132 e. The van der Waals surface area contributed by atoms with Gasteiger partial charge in [-0.2, -0.15) is 5.26 Å². The van der Waals surface area contributed by atoms with Crippen LogP contribution >= 0.6 is 11.6 Å². The Morgan fingerprint density at radius 2 is 2.24 bits per heavy atom. The minimum Gasteiger partial charge on any atom is -0.396 e. The van der Waals surface area contributed by atoms with Crippen LogP contribution in [0.2, 0.25) is 5.15 Å². The van der Waals surface area contributed by atoms with E-state index in [2.05, 4.69) is 11.1 Å². The summed E-state index contributed by atoms with van der Waals surface area (Å²) in [6, 6.07) is 5.54. The Morgan fingerprint density at radius 3 is 2.76 bits per heavy atom. The molecule has 0 spiro atoms. The second kappa shape index (κ2) is 6.43. The van der Waals surface area contributed by atoms with E-state index in [0.29, 0.717) is 29.5 Å².